The third-order valence-electron chi connectivity index (χ3n) is 6.42. The molecule has 1 aromatic heterocycles. The van der Waals surface area contributed by atoms with Crippen LogP contribution in [0.4, 0.5) is 0 Å². The number of nitrogens with two attached hydrogens (primary N) is 1. The number of aromatic hydroxyl groups is 1. The topological polar surface area (TPSA) is 135 Å². The van der Waals surface area contributed by atoms with E-state index in [1.165, 1.54) is 18.5 Å². The maximum absolute atomic E-state index is 13.9. The van der Waals surface area contributed by atoms with Crippen LogP contribution in [0.15, 0.2) is 60.0 Å². The number of nitrogens with zero attached hydrogens (tertiary/aromatic N) is 1. The van der Waals surface area contributed by atoms with Crippen LogP contribution in [0.5, 0.6) is 11.5 Å². The highest BCUT2D eigenvalue weighted by Crippen LogP contribution is 2.57. The average Bonchev–Trinajstić information content (AvgIpc) is 3.11. The fraction of sp³-hybridized carbons (Fsp3) is 0.292. The van der Waals surface area contributed by atoms with E-state index in [2.05, 4.69) is 10.3 Å². The average molecular weight is 433 g/mol. The van der Waals surface area contributed by atoms with Gasteiger partial charge in [-0.3, -0.25) is 14.6 Å². The Morgan fingerprint density at radius 1 is 1.31 bits per heavy atom. The lowest BCUT2D eigenvalue weighted by Crippen LogP contribution is -2.63. The van der Waals surface area contributed by atoms with Crippen molar-refractivity contribution in [3.8, 4) is 11.5 Å². The van der Waals surface area contributed by atoms with Crippen LogP contribution in [0.2, 0.25) is 0 Å². The van der Waals surface area contributed by atoms with Gasteiger partial charge in [0.25, 0.3) is 11.7 Å². The van der Waals surface area contributed by atoms with Crippen molar-refractivity contribution >= 4 is 11.7 Å². The molecule has 0 spiro atoms. The number of aliphatic hydroxyl groups is 1. The molecule has 0 radical (unpaired) electrons. The number of nitrogens with one attached hydrogen (secondary N) is 1. The summed E-state index contributed by atoms with van der Waals surface area (Å²) in [7, 11) is 0. The highest BCUT2D eigenvalue weighted by molar-refractivity contribution is 6.14. The van der Waals surface area contributed by atoms with Crippen molar-refractivity contribution in [1.82, 2.24) is 10.3 Å². The van der Waals surface area contributed by atoms with Crippen LogP contribution >= 0.6 is 0 Å². The zero-order chi connectivity index (χ0) is 22.8. The Kier molecular flexibility index (Phi) is 4.31. The van der Waals surface area contributed by atoms with Gasteiger partial charge in [-0.2, -0.15) is 0 Å². The second-order valence-electron chi connectivity index (χ2n) is 8.69. The van der Waals surface area contributed by atoms with Gasteiger partial charge in [0.05, 0.1) is 11.8 Å². The van der Waals surface area contributed by atoms with E-state index in [0.717, 1.165) is 5.56 Å². The van der Waals surface area contributed by atoms with E-state index in [0.29, 0.717) is 17.7 Å². The molecule has 0 bridgehead atoms. The maximum Gasteiger partial charge on any atom is 0.270 e. The second-order valence-corrected chi connectivity index (χ2v) is 8.69. The number of ketones is 1. The summed E-state index contributed by atoms with van der Waals surface area (Å²) >= 11 is 0. The Morgan fingerprint density at radius 3 is 2.81 bits per heavy atom. The van der Waals surface area contributed by atoms with Gasteiger partial charge in [-0.25, -0.2) is 0 Å². The first-order chi connectivity index (χ1) is 15.2. The fourth-order valence-corrected chi connectivity index (χ4v) is 4.77. The van der Waals surface area contributed by atoms with Gasteiger partial charge in [0.1, 0.15) is 11.5 Å². The summed E-state index contributed by atoms with van der Waals surface area (Å²) in [5, 5.41) is 24.3. The predicted octanol–water partition coefficient (Wildman–Crippen LogP) is 1.78. The molecular formula is C24H23N3O5. The Morgan fingerprint density at radius 2 is 2.09 bits per heavy atom. The number of hydrogen-bond donors (Lipinski definition) is 4. The summed E-state index contributed by atoms with van der Waals surface area (Å²) in [5.41, 5.74) is 6.14. The zero-order valence-electron chi connectivity index (χ0n) is 17.6. The number of benzene rings is 1. The molecule has 1 amide bonds. The van der Waals surface area contributed by atoms with E-state index in [9.17, 15) is 19.8 Å². The van der Waals surface area contributed by atoms with Crippen molar-refractivity contribution in [2.24, 2.45) is 5.73 Å². The van der Waals surface area contributed by atoms with Crippen LogP contribution in [-0.2, 0) is 10.3 Å². The van der Waals surface area contributed by atoms with Crippen molar-refractivity contribution < 1.29 is 24.5 Å². The molecule has 5 N–H and O–H groups in total. The van der Waals surface area contributed by atoms with Crippen LogP contribution in [0.1, 0.15) is 47.7 Å². The monoisotopic (exact) mass is 433 g/mol. The Labute approximate surface area is 184 Å². The molecule has 0 saturated heterocycles. The molecule has 2 aromatic rings. The molecule has 164 valence electrons. The quantitative estimate of drug-likeness (QED) is 0.580. The van der Waals surface area contributed by atoms with Crippen LogP contribution in [-0.4, -0.2) is 38.7 Å². The van der Waals surface area contributed by atoms with Crippen molar-refractivity contribution in [1.29, 1.82) is 0 Å². The minimum atomic E-state index is -2.16. The van der Waals surface area contributed by atoms with Crippen molar-refractivity contribution in [3.05, 3.63) is 76.6 Å². The Bertz CT molecular complexity index is 1230. The number of aromatic nitrogens is 1. The Hall–Kier alpha value is -3.49. The molecule has 2 aliphatic carbocycles. The number of pyridine rings is 1. The summed E-state index contributed by atoms with van der Waals surface area (Å²) in [6, 6.07) is 5.93. The van der Waals surface area contributed by atoms with Crippen LogP contribution < -0.4 is 15.8 Å². The maximum atomic E-state index is 13.9. The third kappa shape index (κ3) is 2.53. The largest absolute Gasteiger partial charge is 0.506 e. The third-order valence-corrected chi connectivity index (χ3v) is 6.42. The number of ether oxygens (including phenoxy) is 1. The number of fused-ring (bicyclic) bond motifs is 4. The molecular weight excluding hydrogens is 410 g/mol. The number of Topliss-reactive ketones (excluding diaryl/α,β-unsaturated/α-hetero) is 1. The summed E-state index contributed by atoms with van der Waals surface area (Å²) < 4.78 is 6.05. The number of amides is 1. The van der Waals surface area contributed by atoms with E-state index in [1.54, 1.807) is 24.3 Å². The minimum Gasteiger partial charge on any atom is -0.506 e. The molecule has 8 heteroatoms. The van der Waals surface area contributed by atoms with Gasteiger partial charge in [0.2, 0.25) is 5.54 Å². The summed E-state index contributed by atoms with van der Waals surface area (Å²) in [6.07, 6.45) is 6.30. The van der Waals surface area contributed by atoms with Crippen LogP contribution in [0.25, 0.3) is 0 Å². The summed E-state index contributed by atoms with van der Waals surface area (Å²) in [5.74, 6) is -3.05. The van der Waals surface area contributed by atoms with Crippen molar-refractivity contribution in [2.45, 2.75) is 43.6 Å². The molecule has 3 unspecified atom stereocenters. The van der Waals surface area contributed by atoms with Gasteiger partial charge < -0.3 is 26.0 Å². The van der Waals surface area contributed by atoms with Crippen LogP contribution in [0.3, 0.4) is 0 Å². The first kappa shape index (κ1) is 20.4. The molecule has 8 nitrogen and oxygen atoms in total. The summed E-state index contributed by atoms with van der Waals surface area (Å²) in [4.78, 5) is 30.9. The predicted molar refractivity (Wildman–Crippen MR) is 115 cm³/mol. The molecule has 0 saturated carbocycles. The molecule has 5 rings (SSSR count). The van der Waals surface area contributed by atoms with Gasteiger partial charge in [0, 0.05) is 28.9 Å². The SMILES string of the molecule is CC(C)c1ccc2c(c1)OC1(O)C3=C(C(=O)C21NC(=O)c1cncc(O)c1)C(N)CC=C3. The lowest BCUT2D eigenvalue weighted by molar-refractivity contribution is -0.154. The fourth-order valence-electron chi connectivity index (χ4n) is 4.77. The Balaban J connectivity index is 1.70. The van der Waals surface area contributed by atoms with Crippen molar-refractivity contribution in [3.63, 3.8) is 0 Å². The van der Waals surface area contributed by atoms with Gasteiger partial charge in [-0.1, -0.05) is 38.1 Å². The lowest BCUT2D eigenvalue weighted by Gasteiger charge is -2.35. The van der Waals surface area contributed by atoms with E-state index >= 15 is 0 Å². The minimum absolute atomic E-state index is 0.0338. The smallest absolute Gasteiger partial charge is 0.270 e. The van der Waals surface area contributed by atoms with Gasteiger partial charge in [-0.05, 0) is 30.0 Å². The number of carbonyl (C=O) groups excluding carboxylic acids is 2. The molecule has 2 heterocycles. The standard InChI is InChI=1S/C24H23N3O5/c1-12(2)13-6-7-16-19(9-13)32-24(31)17-4-3-5-18(25)20(17)21(29)23(16,24)27-22(30)14-8-15(28)11-26-10-14/h3-4,6-12,18,28,31H,5,25H2,1-2H3,(H,27,30). The lowest BCUT2D eigenvalue weighted by atomic mass is 9.80. The van der Waals surface area contributed by atoms with E-state index in [1.807, 2.05) is 19.9 Å². The van der Waals surface area contributed by atoms with Gasteiger partial charge >= 0.3 is 0 Å². The zero-order valence-corrected chi connectivity index (χ0v) is 17.6. The van der Waals surface area contributed by atoms with Crippen LogP contribution in [0, 0.1) is 0 Å². The van der Waals surface area contributed by atoms with Gasteiger partial charge in [0.15, 0.2) is 5.78 Å². The number of rotatable bonds is 3. The summed E-state index contributed by atoms with van der Waals surface area (Å²) in [6.45, 7) is 4.04. The molecule has 1 aliphatic heterocycles. The van der Waals surface area contributed by atoms with E-state index in [-0.39, 0.29) is 28.4 Å². The normalized spacial score (nSPS) is 27.8. The number of hydrogen-bond acceptors (Lipinski definition) is 7. The number of carbonyl (C=O) groups is 2. The molecule has 32 heavy (non-hydrogen) atoms. The second kappa shape index (κ2) is 6.75. The highest BCUT2D eigenvalue weighted by atomic mass is 16.6. The molecule has 1 aromatic carbocycles. The van der Waals surface area contributed by atoms with E-state index in [4.69, 9.17) is 10.5 Å². The van der Waals surface area contributed by atoms with E-state index < -0.39 is 29.1 Å². The first-order valence-electron chi connectivity index (χ1n) is 10.4. The molecule has 0 fully saturated rings. The highest BCUT2D eigenvalue weighted by Gasteiger charge is 2.72. The van der Waals surface area contributed by atoms with Crippen molar-refractivity contribution in [2.75, 3.05) is 0 Å². The molecule has 3 atom stereocenters. The first-order valence-corrected chi connectivity index (χ1v) is 10.4. The van der Waals surface area contributed by atoms with Gasteiger partial charge in [-0.15, -0.1) is 0 Å². The molecule has 3 aliphatic rings.